The third-order valence-electron chi connectivity index (χ3n) is 6.90. The minimum absolute atomic E-state index is 0.0481. The van der Waals surface area contributed by atoms with Crippen LogP contribution in [0.1, 0.15) is 60.2 Å². The van der Waals surface area contributed by atoms with Crippen molar-refractivity contribution >= 4 is 54.9 Å². The molecule has 0 fully saturated rings. The van der Waals surface area contributed by atoms with Crippen molar-refractivity contribution in [3.63, 3.8) is 0 Å². The summed E-state index contributed by atoms with van der Waals surface area (Å²) in [7, 11) is -5.57. The second kappa shape index (κ2) is 18.0. The lowest BCUT2D eigenvalue weighted by Crippen LogP contribution is -2.53. The Bertz CT molecular complexity index is 1610. The van der Waals surface area contributed by atoms with Crippen LogP contribution in [-0.2, 0) is 61.1 Å². The van der Waals surface area contributed by atoms with E-state index in [9.17, 15) is 31.2 Å². The summed E-state index contributed by atoms with van der Waals surface area (Å²) < 4.78 is 68.1. The molecule has 2 aromatic rings. The predicted molar refractivity (Wildman–Crippen MR) is 184 cm³/mol. The van der Waals surface area contributed by atoms with Crippen molar-refractivity contribution in [2.24, 2.45) is 13.0 Å². The summed E-state index contributed by atoms with van der Waals surface area (Å²) in [4.78, 5) is 45.3. The number of alkyl carbamates (subject to hydrolysis) is 1. The molecule has 1 aromatic heterocycles. The van der Waals surface area contributed by atoms with Gasteiger partial charge in [-0.2, -0.15) is 16.8 Å². The number of esters is 1. The fourth-order valence-corrected chi connectivity index (χ4v) is 5.57. The van der Waals surface area contributed by atoms with Gasteiger partial charge in [0.05, 0.1) is 43.4 Å². The number of aryl methyl sites for hydroxylation is 2. The van der Waals surface area contributed by atoms with Crippen LogP contribution in [0.4, 0.5) is 10.5 Å². The molecule has 16 nitrogen and oxygen atoms in total. The number of hydrogen-bond donors (Lipinski definition) is 2. The van der Waals surface area contributed by atoms with Crippen LogP contribution in [-0.4, -0.2) is 107 Å². The van der Waals surface area contributed by atoms with E-state index in [1.54, 1.807) is 44.7 Å². The van der Waals surface area contributed by atoms with Crippen LogP contribution in [0.25, 0.3) is 11.0 Å². The van der Waals surface area contributed by atoms with Gasteiger partial charge in [-0.05, 0) is 64.7 Å². The Morgan fingerprint density at radius 3 is 2.06 bits per heavy atom. The fourth-order valence-electron chi connectivity index (χ4n) is 4.82. The van der Waals surface area contributed by atoms with Gasteiger partial charge in [0, 0.05) is 32.2 Å². The summed E-state index contributed by atoms with van der Waals surface area (Å²) in [5.41, 5.74) is 1.20. The maximum absolute atomic E-state index is 13.4. The van der Waals surface area contributed by atoms with Crippen molar-refractivity contribution in [1.82, 2.24) is 20.2 Å². The number of carbonyl (C=O) groups excluding carboxylic acids is 3. The quantitative estimate of drug-likeness (QED) is 0.157. The van der Waals surface area contributed by atoms with Gasteiger partial charge < -0.3 is 29.6 Å². The molecule has 0 aliphatic heterocycles. The molecule has 2 amide bonds. The molecule has 2 atom stereocenters. The average Bonchev–Trinajstić information content (AvgIpc) is 3.25. The van der Waals surface area contributed by atoms with Gasteiger partial charge >= 0.3 is 12.1 Å². The van der Waals surface area contributed by atoms with Gasteiger partial charge in [-0.1, -0.05) is 13.8 Å². The zero-order valence-electron chi connectivity index (χ0n) is 29.8. The van der Waals surface area contributed by atoms with Gasteiger partial charge in [0.1, 0.15) is 23.5 Å². The second-order valence-electron chi connectivity index (χ2n) is 13.0. The number of nitrogens with zero attached hydrogens (tertiary/aromatic N) is 3. The lowest BCUT2D eigenvalue weighted by Gasteiger charge is -2.25. The van der Waals surface area contributed by atoms with Crippen molar-refractivity contribution in [2.45, 2.75) is 78.5 Å². The molecule has 0 radical (unpaired) electrons. The van der Waals surface area contributed by atoms with E-state index in [2.05, 4.69) is 10.6 Å². The first-order chi connectivity index (χ1) is 22.6. The molecule has 1 aromatic carbocycles. The molecule has 0 aliphatic carbocycles. The number of aromatic nitrogens is 2. The highest BCUT2D eigenvalue weighted by Gasteiger charge is 2.30. The van der Waals surface area contributed by atoms with Gasteiger partial charge in [0.15, 0.2) is 0 Å². The SMILES string of the molecule is CCOC(=O)[C@H](CCc1nc2cc(N(CCOS(C)(=O)=O)CCOS(C)(=O)=O)ccc2n1C)NC(=O)[C@H](CC(C)C)NC(=O)OC(C)(C)C. The lowest BCUT2D eigenvalue weighted by atomic mass is 10.0. The molecular formula is C31H51N5O11S2. The van der Waals surface area contributed by atoms with E-state index >= 15 is 0 Å². The van der Waals surface area contributed by atoms with E-state index in [4.69, 9.17) is 22.8 Å². The third kappa shape index (κ3) is 15.3. The number of fused-ring (bicyclic) bond motifs is 1. The summed E-state index contributed by atoms with van der Waals surface area (Å²) in [6.45, 7) is 10.6. The average molecular weight is 734 g/mol. The molecule has 2 rings (SSSR count). The van der Waals surface area contributed by atoms with E-state index in [1.807, 2.05) is 31.5 Å². The topological polar surface area (TPSA) is 202 Å². The van der Waals surface area contributed by atoms with E-state index in [0.717, 1.165) is 18.0 Å². The lowest BCUT2D eigenvalue weighted by molar-refractivity contribution is -0.147. The van der Waals surface area contributed by atoms with Crippen molar-refractivity contribution in [1.29, 1.82) is 0 Å². The van der Waals surface area contributed by atoms with E-state index < -0.39 is 55.9 Å². The number of benzene rings is 1. The van der Waals surface area contributed by atoms with Crippen molar-refractivity contribution in [3.8, 4) is 0 Å². The predicted octanol–water partition coefficient (Wildman–Crippen LogP) is 2.25. The van der Waals surface area contributed by atoms with Crippen LogP contribution in [0, 0.1) is 5.92 Å². The molecule has 2 N–H and O–H groups in total. The minimum atomic E-state index is -3.69. The second-order valence-corrected chi connectivity index (χ2v) is 16.3. The molecule has 49 heavy (non-hydrogen) atoms. The molecule has 0 aliphatic rings. The van der Waals surface area contributed by atoms with Crippen LogP contribution >= 0.6 is 0 Å². The number of anilines is 1. The normalized spacial score (nSPS) is 13.6. The van der Waals surface area contributed by atoms with Gasteiger partial charge in [-0.25, -0.2) is 14.6 Å². The standard InChI is InChI=1S/C31H51N5O11S2/c1-10-44-29(38)23(33-28(37)25(19-21(2)3)34-30(39)47-31(4,5)6)12-14-27-32-24-20-22(11-13-26(24)35(27)7)36(15-17-45-48(8,40)41)16-18-46-49(9,42)43/h11,13,20-21,23,25H,10,12,14-19H2,1-9H3,(H,33,37)(H,34,39)/t23-,25-/m0/s1. The number of nitrogens with one attached hydrogen (secondary N) is 2. The highest BCUT2D eigenvalue weighted by atomic mass is 32.2. The first kappa shape index (κ1) is 41.7. The minimum Gasteiger partial charge on any atom is -0.464 e. The van der Waals surface area contributed by atoms with Crippen molar-refractivity contribution < 1.29 is 49.1 Å². The molecule has 0 bridgehead atoms. The Kier molecular flexibility index (Phi) is 15.3. The molecule has 0 saturated heterocycles. The Morgan fingerprint density at radius 2 is 1.55 bits per heavy atom. The summed E-state index contributed by atoms with van der Waals surface area (Å²) in [6, 6.07) is 3.38. The van der Waals surface area contributed by atoms with E-state index in [-0.39, 0.29) is 51.7 Å². The molecule has 0 saturated carbocycles. The zero-order valence-corrected chi connectivity index (χ0v) is 31.4. The van der Waals surface area contributed by atoms with Crippen molar-refractivity contribution in [2.75, 3.05) is 50.3 Å². The summed E-state index contributed by atoms with van der Waals surface area (Å²) in [6.07, 6.45) is 1.86. The van der Waals surface area contributed by atoms with Crippen molar-refractivity contribution in [3.05, 3.63) is 24.0 Å². The number of rotatable bonds is 19. The number of imidazole rings is 1. The smallest absolute Gasteiger partial charge is 0.408 e. The summed E-state index contributed by atoms with van der Waals surface area (Å²) in [5, 5.41) is 5.36. The molecule has 278 valence electrons. The van der Waals surface area contributed by atoms with E-state index in [1.165, 1.54) is 0 Å². The van der Waals surface area contributed by atoms with Gasteiger partial charge in [-0.3, -0.25) is 13.2 Å². The van der Waals surface area contributed by atoms with Gasteiger partial charge in [0.2, 0.25) is 5.91 Å². The van der Waals surface area contributed by atoms with Gasteiger partial charge in [-0.15, -0.1) is 0 Å². The van der Waals surface area contributed by atoms with Gasteiger partial charge in [0.25, 0.3) is 20.2 Å². The van der Waals surface area contributed by atoms with Crippen LogP contribution in [0.15, 0.2) is 18.2 Å². The summed E-state index contributed by atoms with van der Waals surface area (Å²) in [5.74, 6) is -0.520. The Balaban J connectivity index is 2.29. The number of carbonyl (C=O) groups is 3. The Hall–Kier alpha value is -3.48. The molecule has 1 heterocycles. The Labute approximate surface area is 289 Å². The number of amides is 2. The van der Waals surface area contributed by atoms with Crippen LogP contribution in [0.2, 0.25) is 0 Å². The number of hydrogen-bond acceptors (Lipinski definition) is 13. The molecular weight excluding hydrogens is 682 g/mol. The highest BCUT2D eigenvalue weighted by molar-refractivity contribution is 7.86. The monoisotopic (exact) mass is 733 g/mol. The molecule has 0 spiro atoms. The largest absolute Gasteiger partial charge is 0.464 e. The first-order valence-corrected chi connectivity index (χ1v) is 19.6. The maximum atomic E-state index is 13.4. The molecule has 18 heteroatoms. The van der Waals surface area contributed by atoms with Crippen LogP contribution in [0.3, 0.4) is 0 Å². The third-order valence-corrected chi connectivity index (χ3v) is 8.09. The molecule has 0 unspecified atom stereocenters. The maximum Gasteiger partial charge on any atom is 0.408 e. The zero-order chi connectivity index (χ0) is 37.2. The summed E-state index contributed by atoms with van der Waals surface area (Å²) >= 11 is 0. The van der Waals surface area contributed by atoms with Crippen LogP contribution < -0.4 is 15.5 Å². The van der Waals surface area contributed by atoms with Crippen LogP contribution in [0.5, 0.6) is 0 Å². The first-order valence-electron chi connectivity index (χ1n) is 15.9. The fraction of sp³-hybridized carbons (Fsp3) is 0.677. The van der Waals surface area contributed by atoms with E-state index in [0.29, 0.717) is 23.4 Å². The highest BCUT2D eigenvalue weighted by Crippen LogP contribution is 2.24. The Morgan fingerprint density at radius 1 is 0.959 bits per heavy atom. The number of ether oxygens (including phenoxy) is 2.